The van der Waals surface area contributed by atoms with E-state index >= 15 is 0 Å². The maximum atomic E-state index is 12.9. The number of likely N-dealkylation sites (tertiary alicyclic amines) is 1. The summed E-state index contributed by atoms with van der Waals surface area (Å²) in [6, 6.07) is 6.58. The molecule has 1 aromatic carbocycles. The summed E-state index contributed by atoms with van der Waals surface area (Å²) in [7, 11) is 0. The predicted octanol–water partition coefficient (Wildman–Crippen LogP) is 2.88. The Morgan fingerprint density at radius 1 is 1.24 bits per heavy atom. The highest BCUT2D eigenvalue weighted by atomic mass is 19.1. The van der Waals surface area contributed by atoms with Gasteiger partial charge in [0.25, 0.3) is 0 Å². The Morgan fingerprint density at radius 2 is 1.90 bits per heavy atom. The highest BCUT2D eigenvalue weighted by molar-refractivity contribution is 5.69. The van der Waals surface area contributed by atoms with Gasteiger partial charge in [0.1, 0.15) is 5.82 Å². The van der Waals surface area contributed by atoms with Crippen LogP contribution in [-0.2, 0) is 4.74 Å². The zero-order valence-corrected chi connectivity index (χ0v) is 12.3. The average Bonchev–Trinajstić information content (AvgIpc) is 2.38. The van der Waals surface area contributed by atoms with Crippen molar-refractivity contribution in [1.82, 2.24) is 4.90 Å². The lowest BCUT2D eigenvalue weighted by atomic mass is 9.73. The van der Waals surface area contributed by atoms with Crippen molar-refractivity contribution in [2.45, 2.75) is 19.8 Å². The summed E-state index contributed by atoms with van der Waals surface area (Å²) in [4.78, 5) is 15.8. The van der Waals surface area contributed by atoms with Crippen molar-refractivity contribution in [2.75, 3.05) is 37.7 Å². The summed E-state index contributed by atoms with van der Waals surface area (Å²) >= 11 is 0. The highest BCUT2D eigenvalue weighted by Crippen LogP contribution is 2.42. The number of nitrogens with zero attached hydrogens (tertiary/aromatic N) is 2. The van der Waals surface area contributed by atoms with Crippen LogP contribution in [0, 0.1) is 11.2 Å². The van der Waals surface area contributed by atoms with E-state index in [1.54, 1.807) is 17.0 Å². The Labute approximate surface area is 124 Å². The lowest BCUT2D eigenvalue weighted by Gasteiger charge is -2.60. The second-order valence-electron chi connectivity index (χ2n) is 6.16. The fraction of sp³-hybridized carbons (Fsp3) is 0.562. The van der Waals surface area contributed by atoms with Crippen LogP contribution in [-0.4, -0.2) is 43.8 Å². The van der Waals surface area contributed by atoms with Gasteiger partial charge in [-0.3, -0.25) is 0 Å². The Bertz CT molecular complexity index is 504. The second-order valence-corrected chi connectivity index (χ2v) is 6.16. The standard InChI is InChI=1S/C16H21FN2O2/c1-2-3-8-21-15(20)19-11-16(12-19)9-18(10-16)14-6-4-13(17)5-7-14/h4-7H,2-3,8-12H2,1H3. The van der Waals surface area contributed by atoms with Gasteiger partial charge in [-0.25, -0.2) is 9.18 Å². The molecule has 0 aromatic heterocycles. The molecule has 5 heteroatoms. The number of hydrogen-bond acceptors (Lipinski definition) is 3. The minimum absolute atomic E-state index is 0.186. The largest absolute Gasteiger partial charge is 0.449 e. The van der Waals surface area contributed by atoms with Crippen molar-refractivity contribution in [3.63, 3.8) is 0 Å². The van der Waals surface area contributed by atoms with E-state index in [-0.39, 0.29) is 17.3 Å². The summed E-state index contributed by atoms with van der Waals surface area (Å²) in [6.45, 7) is 5.99. The van der Waals surface area contributed by atoms with Crippen molar-refractivity contribution in [1.29, 1.82) is 0 Å². The van der Waals surface area contributed by atoms with E-state index in [1.807, 2.05) is 0 Å². The van der Waals surface area contributed by atoms with Crippen LogP contribution in [0.5, 0.6) is 0 Å². The van der Waals surface area contributed by atoms with Crippen LogP contribution in [0.2, 0.25) is 0 Å². The zero-order chi connectivity index (χ0) is 14.9. The molecule has 2 fully saturated rings. The van der Waals surface area contributed by atoms with Crippen molar-refractivity contribution in [3.05, 3.63) is 30.1 Å². The van der Waals surface area contributed by atoms with E-state index in [2.05, 4.69) is 11.8 Å². The molecular formula is C16H21FN2O2. The third-order valence-electron chi connectivity index (χ3n) is 4.28. The van der Waals surface area contributed by atoms with E-state index in [9.17, 15) is 9.18 Å². The Morgan fingerprint density at radius 3 is 2.52 bits per heavy atom. The number of carbonyl (C=O) groups excluding carboxylic acids is 1. The molecule has 0 radical (unpaired) electrons. The summed E-state index contributed by atoms with van der Waals surface area (Å²) in [6.07, 6.45) is 1.77. The summed E-state index contributed by atoms with van der Waals surface area (Å²) < 4.78 is 18.1. The van der Waals surface area contributed by atoms with Crippen LogP contribution in [0.25, 0.3) is 0 Å². The number of rotatable bonds is 4. The molecule has 1 aromatic rings. The van der Waals surface area contributed by atoms with E-state index in [0.29, 0.717) is 6.61 Å². The molecule has 1 spiro atoms. The first kappa shape index (κ1) is 14.2. The van der Waals surface area contributed by atoms with E-state index in [4.69, 9.17) is 4.74 Å². The monoisotopic (exact) mass is 292 g/mol. The molecule has 114 valence electrons. The van der Waals surface area contributed by atoms with Crippen LogP contribution in [0.4, 0.5) is 14.9 Å². The summed E-state index contributed by atoms with van der Waals surface area (Å²) in [5.41, 5.74) is 1.27. The van der Waals surface area contributed by atoms with Gasteiger partial charge in [-0.15, -0.1) is 0 Å². The third kappa shape index (κ3) is 2.82. The van der Waals surface area contributed by atoms with Gasteiger partial charge in [0, 0.05) is 37.3 Å². The summed E-state index contributed by atoms with van der Waals surface area (Å²) in [5.74, 6) is -0.210. The minimum atomic E-state index is -0.210. The van der Waals surface area contributed by atoms with Crippen molar-refractivity contribution < 1.29 is 13.9 Å². The molecular weight excluding hydrogens is 271 g/mol. The number of halogens is 1. The zero-order valence-electron chi connectivity index (χ0n) is 12.3. The minimum Gasteiger partial charge on any atom is -0.449 e. The average molecular weight is 292 g/mol. The normalized spacial score (nSPS) is 19.1. The molecule has 4 nitrogen and oxygen atoms in total. The quantitative estimate of drug-likeness (QED) is 0.800. The summed E-state index contributed by atoms with van der Waals surface area (Å²) in [5, 5.41) is 0. The predicted molar refractivity (Wildman–Crippen MR) is 78.9 cm³/mol. The molecule has 2 aliphatic rings. The Balaban J connectivity index is 1.43. The Kier molecular flexibility index (Phi) is 3.74. The first-order valence-corrected chi connectivity index (χ1v) is 7.54. The number of unbranched alkanes of at least 4 members (excludes halogenated alkanes) is 1. The molecule has 0 unspecified atom stereocenters. The molecule has 0 atom stereocenters. The number of amides is 1. The van der Waals surface area contributed by atoms with Gasteiger partial charge < -0.3 is 14.5 Å². The van der Waals surface area contributed by atoms with Crippen LogP contribution in [0.15, 0.2) is 24.3 Å². The first-order chi connectivity index (χ1) is 10.1. The van der Waals surface area contributed by atoms with Gasteiger partial charge in [-0.2, -0.15) is 0 Å². The fourth-order valence-electron chi connectivity index (χ4n) is 3.09. The molecule has 21 heavy (non-hydrogen) atoms. The third-order valence-corrected chi connectivity index (χ3v) is 4.28. The number of benzene rings is 1. The molecule has 3 rings (SSSR count). The number of carbonyl (C=O) groups is 1. The topological polar surface area (TPSA) is 32.8 Å². The van der Waals surface area contributed by atoms with Gasteiger partial charge in [-0.05, 0) is 30.7 Å². The SMILES string of the molecule is CCCCOC(=O)N1CC2(C1)CN(c1ccc(F)cc1)C2. The van der Waals surface area contributed by atoms with Gasteiger partial charge in [0.15, 0.2) is 0 Å². The van der Waals surface area contributed by atoms with Crippen molar-refractivity contribution >= 4 is 11.8 Å². The van der Waals surface area contributed by atoms with Gasteiger partial charge >= 0.3 is 6.09 Å². The second kappa shape index (κ2) is 5.54. The van der Waals surface area contributed by atoms with E-state index in [1.165, 1.54) is 12.1 Å². The molecule has 0 bridgehead atoms. The molecule has 2 aliphatic heterocycles. The molecule has 0 N–H and O–H groups in total. The molecule has 0 aliphatic carbocycles. The van der Waals surface area contributed by atoms with Crippen LogP contribution >= 0.6 is 0 Å². The molecule has 1 amide bonds. The maximum Gasteiger partial charge on any atom is 0.409 e. The van der Waals surface area contributed by atoms with Crippen LogP contribution in [0.1, 0.15) is 19.8 Å². The smallest absolute Gasteiger partial charge is 0.409 e. The number of hydrogen-bond donors (Lipinski definition) is 0. The van der Waals surface area contributed by atoms with Gasteiger partial charge in [-0.1, -0.05) is 13.3 Å². The van der Waals surface area contributed by atoms with Gasteiger partial charge in [0.05, 0.1) is 6.61 Å². The first-order valence-electron chi connectivity index (χ1n) is 7.54. The molecule has 0 saturated carbocycles. The van der Waals surface area contributed by atoms with Gasteiger partial charge in [0.2, 0.25) is 0 Å². The van der Waals surface area contributed by atoms with E-state index < -0.39 is 0 Å². The lowest BCUT2D eigenvalue weighted by Crippen LogP contribution is -2.73. The van der Waals surface area contributed by atoms with Crippen molar-refractivity contribution in [2.24, 2.45) is 5.41 Å². The fourth-order valence-corrected chi connectivity index (χ4v) is 3.09. The number of anilines is 1. The Hall–Kier alpha value is -1.78. The molecule has 2 saturated heterocycles. The highest BCUT2D eigenvalue weighted by Gasteiger charge is 2.53. The van der Waals surface area contributed by atoms with Crippen LogP contribution < -0.4 is 4.90 Å². The van der Waals surface area contributed by atoms with Crippen molar-refractivity contribution in [3.8, 4) is 0 Å². The lowest BCUT2D eigenvalue weighted by molar-refractivity contribution is -0.0207. The maximum absolute atomic E-state index is 12.9. The number of ether oxygens (including phenoxy) is 1. The van der Waals surface area contributed by atoms with E-state index in [0.717, 1.165) is 44.7 Å². The van der Waals surface area contributed by atoms with Crippen LogP contribution in [0.3, 0.4) is 0 Å². The molecule has 2 heterocycles.